The first-order chi connectivity index (χ1) is 20.3. The van der Waals surface area contributed by atoms with Crippen LogP contribution in [0.25, 0.3) is 17.4 Å². The average Bonchev–Trinajstić information content (AvgIpc) is 3.56. The van der Waals surface area contributed by atoms with Crippen LogP contribution >= 0.6 is 27.3 Å². The van der Waals surface area contributed by atoms with E-state index < -0.39 is 16.9 Å². The maximum absolute atomic E-state index is 14.0. The molecule has 0 radical (unpaired) electrons. The molecule has 0 saturated carbocycles. The lowest BCUT2D eigenvalue weighted by molar-refractivity contribution is -0.384. The van der Waals surface area contributed by atoms with Crippen molar-refractivity contribution in [2.75, 3.05) is 13.7 Å². The van der Waals surface area contributed by atoms with Gasteiger partial charge in [-0.15, -0.1) is 0 Å². The van der Waals surface area contributed by atoms with E-state index in [1.54, 1.807) is 49.4 Å². The Morgan fingerprint density at radius 1 is 1.21 bits per heavy atom. The van der Waals surface area contributed by atoms with Gasteiger partial charge in [0.05, 0.1) is 40.0 Å². The lowest BCUT2D eigenvalue weighted by atomic mass is 9.93. The number of methoxy groups -OCH3 is 1. The molecular formula is C30H26BrN3O7S. The second-order valence-electron chi connectivity index (χ2n) is 9.28. The van der Waals surface area contributed by atoms with E-state index in [-0.39, 0.29) is 23.4 Å². The van der Waals surface area contributed by atoms with Crippen LogP contribution in [0.5, 0.6) is 5.75 Å². The smallest absolute Gasteiger partial charge is 0.338 e. The number of hydrogen-bond acceptors (Lipinski definition) is 9. The van der Waals surface area contributed by atoms with Crippen molar-refractivity contribution < 1.29 is 23.6 Å². The molecule has 2 aromatic carbocycles. The van der Waals surface area contributed by atoms with Gasteiger partial charge in [-0.2, -0.15) is 0 Å². The fourth-order valence-corrected chi connectivity index (χ4v) is 6.26. The molecule has 42 heavy (non-hydrogen) atoms. The minimum atomic E-state index is -0.851. The molecule has 1 aliphatic heterocycles. The Morgan fingerprint density at radius 2 is 2.00 bits per heavy atom. The number of allylic oxidation sites excluding steroid dienone is 1. The molecule has 1 atom stereocenters. The monoisotopic (exact) mass is 651 g/mol. The number of halogens is 1. The number of carbonyl (C=O) groups is 1. The molecule has 216 valence electrons. The molecule has 4 aromatic rings. The van der Waals surface area contributed by atoms with Crippen molar-refractivity contribution in [3.05, 3.63) is 111 Å². The Morgan fingerprint density at radius 3 is 2.71 bits per heavy atom. The van der Waals surface area contributed by atoms with Crippen LogP contribution in [0, 0.1) is 10.1 Å². The van der Waals surface area contributed by atoms with Crippen molar-refractivity contribution in [1.82, 2.24) is 4.57 Å². The van der Waals surface area contributed by atoms with Gasteiger partial charge in [-0.05, 0) is 49.7 Å². The van der Waals surface area contributed by atoms with E-state index in [4.69, 9.17) is 18.9 Å². The summed E-state index contributed by atoms with van der Waals surface area (Å²) >= 11 is 4.68. The summed E-state index contributed by atoms with van der Waals surface area (Å²) in [6, 6.07) is 14.1. The van der Waals surface area contributed by atoms with Crippen LogP contribution in [0.2, 0.25) is 0 Å². The molecule has 12 heteroatoms. The Labute approximate surface area is 252 Å². The fraction of sp³-hybridized carbons (Fsp3) is 0.233. The number of benzene rings is 2. The standard InChI is InChI=1S/C30H26BrN3O7S/c1-4-8-21-26(29(36)40-5-2)27(20-15-17(31)11-13-23(20)39-3)33-28(35)25(42-30(33)32-21)16-18-12-14-24(41-18)19-9-6-7-10-22(19)34(37)38/h6-7,9-16,27H,4-5,8H2,1-3H3/b25-16+/t27-/m0/s1. The summed E-state index contributed by atoms with van der Waals surface area (Å²) in [6.45, 7) is 3.87. The molecular weight excluding hydrogens is 626 g/mol. The van der Waals surface area contributed by atoms with E-state index in [1.807, 2.05) is 19.1 Å². The van der Waals surface area contributed by atoms with Crippen LogP contribution in [0.1, 0.15) is 44.1 Å². The van der Waals surface area contributed by atoms with Gasteiger partial charge in [0.1, 0.15) is 23.3 Å². The second-order valence-corrected chi connectivity index (χ2v) is 11.2. The van der Waals surface area contributed by atoms with Crippen molar-refractivity contribution in [1.29, 1.82) is 0 Å². The summed E-state index contributed by atoms with van der Waals surface area (Å²) in [7, 11) is 1.53. The van der Waals surface area contributed by atoms with Crippen molar-refractivity contribution in [2.24, 2.45) is 4.99 Å². The third-order valence-corrected chi connectivity index (χ3v) is 8.12. The van der Waals surface area contributed by atoms with Gasteiger partial charge < -0.3 is 13.9 Å². The van der Waals surface area contributed by atoms with E-state index >= 15 is 0 Å². The SMILES string of the molecule is CCCC1=C(C(=O)OCC)[C@H](c2cc(Br)ccc2OC)n2c(s/c(=C/c3ccc(-c4ccccc4[N+](=O)[O-])o3)c2=O)=N1. The molecule has 5 rings (SSSR count). The summed E-state index contributed by atoms with van der Waals surface area (Å²) in [5, 5.41) is 11.5. The van der Waals surface area contributed by atoms with Crippen LogP contribution in [0.15, 0.2) is 84.5 Å². The molecule has 2 aromatic heterocycles. The number of esters is 1. The van der Waals surface area contributed by atoms with Gasteiger partial charge in [0.25, 0.3) is 11.2 Å². The van der Waals surface area contributed by atoms with Gasteiger partial charge in [-0.25, -0.2) is 9.79 Å². The summed E-state index contributed by atoms with van der Waals surface area (Å²) < 4.78 is 19.6. The molecule has 0 unspecified atom stereocenters. The Kier molecular flexibility index (Phi) is 8.55. The maximum atomic E-state index is 14.0. The van der Waals surface area contributed by atoms with Crippen molar-refractivity contribution in [2.45, 2.75) is 32.7 Å². The number of carbonyl (C=O) groups excluding carboxylic acids is 1. The third kappa shape index (κ3) is 5.47. The number of hydrogen-bond donors (Lipinski definition) is 0. The number of rotatable bonds is 9. The minimum absolute atomic E-state index is 0.0873. The summed E-state index contributed by atoms with van der Waals surface area (Å²) in [6.07, 6.45) is 2.80. The third-order valence-electron chi connectivity index (χ3n) is 6.64. The highest BCUT2D eigenvalue weighted by Gasteiger charge is 2.36. The van der Waals surface area contributed by atoms with Crippen LogP contribution < -0.4 is 19.6 Å². The molecule has 0 bridgehead atoms. The molecule has 10 nitrogen and oxygen atoms in total. The highest BCUT2D eigenvalue weighted by atomic mass is 79.9. The number of ether oxygens (including phenoxy) is 2. The Balaban J connectivity index is 1.71. The van der Waals surface area contributed by atoms with Gasteiger partial charge >= 0.3 is 5.97 Å². The zero-order valence-electron chi connectivity index (χ0n) is 23.0. The first-order valence-corrected chi connectivity index (χ1v) is 14.8. The van der Waals surface area contributed by atoms with Crippen molar-refractivity contribution in [3.63, 3.8) is 0 Å². The highest BCUT2D eigenvalue weighted by molar-refractivity contribution is 9.10. The number of nitro benzene ring substituents is 1. The summed E-state index contributed by atoms with van der Waals surface area (Å²) in [4.78, 5) is 43.6. The number of para-hydroxylation sites is 1. The van der Waals surface area contributed by atoms with Gasteiger partial charge in [0, 0.05) is 22.2 Å². The number of nitrogens with zero attached hydrogens (tertiary/aromatic N) is 3. The predicted octanol–water partition coefficient (Wildman–Crippen LogP) is 5.52. The summed E-state index contributed by atoms with van der Waals surface area (Å²) in [5.74, 6) is 0.583. The summed E-state index contributed by atoms with van der Waals surface area (Å²) in [5.41, 5.74) is 1.29. The number of nitro groups is 1. The second kappa shape index (κ2) is 12.3. The van der Waals surface area contributed by atoms with Crippen LogP contribution in [0.4, 0.5) is 5.69 Å². The van der Waals surface area contributed by atoms with Crippen LogP contribution in [-0.4, -0.2) is 29.2 Å². The zero-order chi connectivity index (χ0) is 30.0. The van der Waals surface area contributed by atoms with Gasteiger partial charge in [0.2, 0.25) is 0 Å². The molecule has 0 fully saturated rings. The van der Waals surface area contributed by atoms with Crippen molar-refractivity contribution >= 4 is 45.0 Å². The number of aromatic nitrogens is 1. The normalized spacial score (nSPS) is 14.9. The van der Waals surface area contributed by atoms with Crippen LogP contribution in [-0.2, 0) is 9.53 Å². The molecule has 0 amide bonds. The molecule has 0 aliphatic carbocycles. The molecule has 0 N–H and O–H groups in total. The minimum Gasteiger partial charge on any atom is -0.496 e. The highest BCUT2D eigenvalue weighted by Crippen LogP contribution is 2.38. The Bertz CT molecular complexity index is 1900. The quantitative estimate of drug-likeness (QED) is 0.133. The average molecular weight is 653 g/mol. The number of fused-ring (bicyclic) bond motifs is 1. The first kappa shape index (κ1) is 29.2. The predicted molar refractivity (Wildman–Crippen MR) is 161 cm³/mol. The van der Waals surface area contributed by atoms with E-state index in [1.165, 1.54) is 17.7 Å². The van der Waals surface area contributed by atoms with Gasteiger partial charge in [0.15, 0.2) is 4.80 Å². The zero-order valence-corrected chi connectivity index (χ0v) is 25.4. The lowest BCUT2D eigenvalue weighted by Crippen LogP contribution is -2.40. The van der Waals surface area contributed by atoms with E-state index in [2.05, 4.69) is 15.9 Å². The van der Waals surface area contributed by atoms with Gasteiger partial charge in [-0.3, -0.25) is 19.5 Å². The van der Waals surface area contributed by atoms with Crippen LogP contribution in [0.3, 0.4) is 0 Å². The molecule has 0 spiro atoms. The topological polar surface area (TPSA) is 126 Å². The van der Waals surface area contributed by atoms with E-state index in [0.717, 1.165) is 22.2 Å². The van der Waals surface area contributed by atoms with Gasteiger partial charge in [-0.1, -0.05) is 52.7 Å². The lowest BCUT2D eigenvalue weighted by Gasteiger charge is -2.27. The maximum Gasteiger partial charge on any atom is 0.338 e. The molecule has 1 aliphatic rings. The number of furan rings is 1. The molecule has 0 saturated heterocycles. The Hall–Kier alpha value is -4.29. The largest absolute Gasteiger partial charge is 0.496 e. The van der Waals surface area contributed by atoms with E-state index in [9.17, 15) is 19.7 Å². The number of thiazole rings is 1. The van der Waals surface area contributed by atoms with Crippen molar-refractivity contribution in [3.8, 4) is 17.1 Å². The first-order valence-electron chi connectivity index (χ1n) is 13.2. The fourth-order valence-electron chi connectivity index (χ4n) is 4.88. The molecule has 3 heterocycles. The van der Waals surface area contributed by atoms with E-state index in [0.29, 0.717) is 49.8 Å².